The third kappa shape index (κ3) is 3.08. The van der Waals surface area contributed by atoms with E-state index in [-0.39, 0.29) is 5.91 Å². The van der Waals surface area contributed by atoms with Crippen LogP contribution in [0.4, 0.5) is 0 Å². The highest BCUT2D eigenvalue weighted by Crippen LogP contribution is 2.22. The van der Waals surface area contributed by atoms with Crippen molar-refractivity contribution in [1.29, 1.82) is 0 Å². The third-order valence-electron chi connectivity index (χ3n) is 2.33. The summed E-state index contributed by atoms with van der Waals surface area (Å²) in [5.74, 6) is 0.491. The molecule has 0 fully saturated rings. The fourth-order valence-corrected chi connectivity index (χ4v) is 2.38. The number of hydrogen-bond acceptors (Lipinski definition) is 4. The summed E-state index contributed by atoms with van der Waals surface area (Å²) in [6.07, 6.45) is 0. The zero-order valence-electron chi connectivity index (χ0n) is 9.64. The Morgan fingerprint density at radius 1 is 1.56 bits per heavy atom. The molecule has 6 heteroatoms. The molecule has 0 radical (unpaired) electrons. The Hall–Kier alpha value is -1.40. The van der Waals surface area contributed by atoms with E-state index in [0.717, 1.165) is 10.2 Å². The van der Waals surface area contributed by atoms with Crippen LogP contribution in [0.3, 0.4) is 0 Å². The standard InChI is InChI=1S/C12H11BrN2O2S/c1-17-9-2-3-11(13)10(4-9)12(16)14-5-8-6-18-7-15-8/h2-4,6-7H,5H2,1H3,(H,14,16). The Kier molecular flexibility index (Phi) is 4.33. The first-order chi connectivity index (χ1) is 8.70. The Balaban J connectivity index is 2.08. The lowest BCUT2D eigenvalue weighted by Crippen LogP contribution is -2.23. The van der Waals surface area contributed by atoms with Crippen LogP contribution < -0.4 is 10.1 Å². The van der Waals surface area contributed by atoms with E-state index in [4.69, 9.17) is 4.74 Å². The van der Waals surface area contributed by atoms with Crippen LogP contribution >= 0.6 is 27.3 Å². The molecule has 0 aliphatic heterocycles. The molecule has 0 spiro atoms. The van der Waals surface area contributed by atoms with Crippen LogP contribution in [0.1, 0.15) is 16.1 Å². The predicted octanol–water partition coefficient (Wildman–Crippen LogP) is 2.84. The second kappa shape index (κ2) is 5.97. The highest BCUT2D eigenvalue weighted by molar-refractivity contribution is 9.10. The molecule has 0 aliphatic rings. The smallest absolute Gasteiger partial charge is 0.252 e. The van der Waals surface area contributed by atoms with Crippen LogP contribution in [0.5, 0.6) is 5.75 Å². The van der Waals surface area contributed by atoms with Gasteiger partial charge >= 0.3 is 0 Å². The second-order valence-electron chi connectivity index (χ2n) is 3.51. The molecule has 0 aliphatic carbocycles. The van der Waals surface area contributed by atoms with E-state index in [2.05, 4.69) is 26.2 Å². The number of carbonyl (C=O) groups excluding carboxylic acids is 1. The molecule has 1 aromatic carbocycles. The molecule has 18 heavy (non-hydrogen) atoms. The van der Waals surface area contributed by atoms with Crippen LogP contribution in [0, 0.1) is 0 Å². The number of amides is 1. The van der Waals surface area contributed by atoms with Gasteiger partial charge in [-0.3, -0.25) is 4.79 Å². The zero-order chi connectivity index (χ0) is 13.0. The maximum absolute atomic E-state index is 12.0. The zero-order valence-corrected chi connectivity index (χ0v) is 12.0. The van der Waals surface area contributed by atoms with E-state index in [1.807, 2.05) is 5.38 Å². The van der Waals surface area contributed by atoms with Crippen LogP contribution in [0.2, 0.25) is 0 Å². The van der Waals surface area contributed by atoms with Crippen molar-refractivity contribution in [2.45, 2.75) is 6.54 Å². The molecular formula is C12H11BrN2O2S. The lowest BCUT2D eigenvalue weighted by atomic mass is 10.2. The molecule has 1 N–H and O–H groups in total. The predicted molar refractivity (Wildman–Crippen MR) is 74.0 cm³/mol. The molecule has 2 aromatic rings. The first kappa shape index (κ1) is 13.0. The van der Waals surface area contributed by atoms with Gasteiger partial charge in [0.25, 0.3) is 5.91 Å². The summed E-state index contributed by atoms with van der Waals surface area (Å²) in [5.41, 5.74) is 3.14. The van der Waals surface area contributed by atoms with Crippen molar-refractivity contribution in [2.24, 2.45) is 0 Å². The Morgan fingerprint density at radius 3 is 3.06 bits per heavy atom. The van der Waals surface area contributed by atoms with Gasteiger partial charge in [-0.05, 0) is 34.1 Å². The van der Waals surface area contributed by atoms with Crippen molar-refractivity contribution in [3.63, 3.8) is 0 Å². The number of halogens is 1. The molecule has 0 saturated carbocycles. The molecule has 1 heterocycles. The summed E-state index contributed by atoms with van der Waals surface area (Å²) in [4.78, 5) is 16.1. The number of ether oxygens (including phenoxy) is 1. The minimum Gasteiger partial charge on any atom is -0.497 e. The quantitative estimate of drug-likeness (QED) is 0.939. The summed E-state index contributed by atoms with van der Waals surface area (Å²) in [7, 11) is 1.57. The van der Waals surface area contributed by atoms with Gasteiger partial charge in [-0.1, -0.05) is 0 Å². The second-order valence-corrected chi connectivity index (χ2v) is 5.08. The van der Waals surface area contributed by atoms with Gasteiger partial charge in [0.05, 0.1) is 30.4 Å². The van der Waals surface area contributed by atoms with Gasteiger partial charge < -0.3 is 10.1 Å². The van der Waals surface area contributed by atoms with E-state index in [9.17, 15) is 4.79 Å². The number of rotatable bonds is 4. The number of methoxy groups -OCH3 is 1. The van der Waals surface area contributed by atoms with Gasteiger partial charge in [0.2, 0.25) is 0 Å². The fourth-order valence-electron chi connectivity index (χ4n) is 1.40. The molecule has 1 amide bonds. The van der Waals surface area contributed by atoms with Gasteiger partial charge in [0, 0.05) is 9.85 Å². The van der Waals surface area contributed by atoms with Crippen LogP contribution in [0.25, 0.3) is 0 Å². The maximum atomic E-state index is 12.0. The lowest BCUT2D eigenvalue weighted by Gasteiger charge is -2.07. The molecule has 4 nitrogen and oxygen atoms in total. The molecule has 94 valence electrons. The van der Waals surface area contributed by atoms with Crippen molar-refractivity contribution < 1.29 is 9.53 Å². The summed E-state index contributed by atoms with van der Waals surface area (Å²) in [6.45, 7) is 0.423. The van der Waals surface area contributed by atoms with Crippen LogP contribution in [0.15, 0.2) is 33.6 Å². The number of nitrogens with one attached hydrogen (secondary N) is 1. The van der Waals surface area contributed by atoms with E-state index in [1.54, 1.807) is 30.8 Å². The maximum Gasteiger partial charge on any atom is 0.252 e. The fraction of sp³-hybridized carbons (Fsp3) is 0.167. The number of nitrogens with zero attached hydrogens (tertiary/aromatic N) is 1. The summed E-state index contributed by atoms with van der Waals surface area (Å²) < 4.78 is 5.83. The normalized spacial score (nSPS) is 10.1. The molecule has 1 aromatic heterocycles. The number of carbonyl (C=O) groups is 1. The summed E-state index contributed by atoms with van der Waals surface area (Å²) >= 11 is 4.85. The van der Waals surface area contributed by atoms with Crippen molar-refractivity contribution in [1.82, 2.24) is 10.3 Å². The highest BCUT2D eigenvalue weighted by Gasteiger charge is 2.11. The van der Waals surface area contributed by atoms with E-state index >= 15 is 0 Å². The first-order valence-electron chi connectivity index (χ1n) is 5.19. The van der Waals surface area contributed by atoms with Crippen LogP contribution in [-0.2, 0) is 6.54 Å². The first-order valence-corrected chi connectivity index (χ1v) is 6.93. The highest BCUT2D eigenvalue weighted by atomic mass is 79.9. The Labute approximate surface area is 117 Å². The Bertz CT molecular complexity index is 543. The summed E-state index contributed by atoms with van der Waals surface area (Å²) in [6, 6.07) is 5.28. The van der Waals surface area contributed by atoms with Crippen molar-refractivity contribution in [3.8, 4) is 5.75 Å². The average molecular weight is 327 g/mol. The van der Waals surface area contributed by atoms with Crippen molar-refractivity contribution in [3.05, 3.63) is 44.8 Å². The lowest BCUT2D eigenvalue weighted by molar-refractivity contribution is 0.0949. The van der Waals surface area contributed by atoms with Crippen molar-refractivity contribution >= 4 is 33.2 Å². The van der Waals surface area contributed by atoms with E-state index in [0.29, 0.717) is 17.9 Å². The number of thiazole rings is 1. The van der Waals surface area contributed by atoms with Crippen LogP contribution in [-0.4, -0.2) is 18.0 Å². The topological polar surface area (TPSA) is 51.2 Å². The minimum absolute atomic E-state index is 0.159. The number of hydrogen-bond donors (Lipinski definition) is 1. The molecule has 0 unspecified atom stereocenters. The van der Waals surface area contributed by atoms with Gasteiger partial charge in [0.1, 0.15) is 5.75 Å². The van der Waals surface area contributed by atoms with Gasteiger partial charge in [0.15, 0.2) is 0 Å². The SMILES string of the molecule is COc1ccc(Br)c(C(=O)NCc2cscn2)c1. The number of benzene rings is 1. The largest absolute Gasteiger partial charge is 0.497 e. The van der Waals surface area contributed by atoms with Gasteiger partial charge in [-0.2, -0.15) is 0 Å². The average Bonchev–Trinajstić information content (AvgIpc) is 2.89. The third-order valence-corrected chi connectivity index (χ3v) is 3.66. The van der Waals surface area contributed by atoms with Gasteiger partial charge in [-0.25, -0.2) is 4.98 Å². The summed E-state index contributed by atoms with van der Waals surface area (Å²) in [5, 5.41) is 4.72. The van der Waals surface area contributed by atoms with Crippen molar-refractivity contribution in [2.75, 3.05) is 7.11 Å². The monoisotopic (exact) mass is 326 g/mol. The Morgan fingerprint density at radius 2 is 2.39 bits per heavy atom. The molecule has 2 rings (SSSR count). The van der Waals surface area contributed by atoms with E-state index < -0.39 is 0 Å². The molecular weight excluding hydrogens is 316 g/mol. The molecule has 0 atom stereocenters. The van der Waals surface area contributed by atoms with E-state index in [1.165, 1.54) is 11.3 Å². The molecule has 0 bridgehead atoms. The molecule has 0 saturated heterocycles. The number of aromatic nitrogens is 1. The van der Waals surface area contributed by atoms with Gasteiger partial charge in [-0.15, -0.1) is 11.3 Å². The minimum atomic E-state index is -0.159.